The highest BCUT2D eigenvalue weighted by atomic mass is 16.2. The number of rotatable bonds is 5. The predicted octanol–water partition coefficient (Wildman–Crippen LogP) is 3.92. The van der Waals surface area contributed by atoms with Crippen molar-refractivity contribution in [1.82, 2.24) is 20.3 Å². The van der Waals surface area contributed by atoms with Gasteiger partial charge >= 0.3 is 0 Å². The fourth-order valence-corrected chi connectivity index (χ4v) is 3.48. The van der Waals surface area contributed by atoms with Crippen LogP contribution in [0, 0.1) is 5.92 Å². The first-order valence-electron chi connectivity index (χ1n) is 9.39. The molecule has 0 spiro atoms. The van der Waals surface area contributed by atoms with Crippen LogP contribution in [0.15, 0.2) is 59.4 Å². The van der Waals surface area contributed by atoms with Crippen LogP contribution in [0.5, 0.6) is 0 Å². The Bertz CT molecular complexity index is 1170. The summed E-state index contributed by atoms with van der Waals surface area (Å²) in [5.74, 6) is 0.792. The molecule has 0 aliphatic rings. The van der Waals surface area contributed by atoms with Crippen LogP contribution in [0.4, 0.5) is 0 Å². The number of H-pyrrole nitrogens is 2. The molecular weight excluding hydrogens is 352 g/mol. The van der Waals surface area contributed by atoms with Crippen molar-refractivity contribution in [2.75, 3.05) is 0 Å². The summed E-state index contributed by atoms with van der Waals surface area (Å²) in [6.45, 7) is 4.20. The molecule has 0 fully saturated rings. The van der Waals surface area contributed by atoms with E-state index in [4.69, 9.17) is 0 Å². The Morgan fingerprint density at radius 2 is 1.75 bits per heavy atom. The van der Waals surface area contributed by atoms with E-state index in [-0.39, 0.29) is 17.5 Å². The van der Waals surface area contributed by atoms with Gasteiger partial charge in [0.25, 0.3) is 5.91 Å². The normalized spacial score (nSPS) is 12.5. The molecule has 28 heavy (non-hydrogen) atoms. The van der Waals surface area contributed by atoms with Crippen LogP contribution in [0.2, 0.25) is 0 Å². The summed E-state index contributed by atoms with van der Waals surface area (Å²) in [4.78, 5) is 35.8. The highest BCUT2D eigenvalue weighted by Crippen LogP contribution is 2.23. The lowest BCUT2D eigenvalue weighted by Gasteiger charge is -2.19. The van der Waals surface area contributed by atoms with Gasteiger partial charge in [-0.2, -0.15) is 0 Å². The number of aromatic amines is 2. The minimum Gasteiger partial charge on any atom is -0.342 e. The molecule has 0 aliphatic heterocycles. The van der Waals surface area contributed by atoms with E-state index in [0.29, 0.717) is 22.4 Å². The van der Waals surface area contributed by atoms with Gasteiger partial charge in [0.05, 0.1) is 22.6 Å². The van der Waals surface area contributed by atoms with E-state index in [9.17, 15) is 9.59 Å². The lowest BCUT2D eigenvalue weighted by molar-refractivity contribution is 0.0931. The molecule has 4 rings (SSSR count). The summed E-state index contributed by atoms with van der Waals surface area (Å²) in [6.07, 6.45) is 0.729. The van der Waals surface area contributed by atoms with E-state index in [1.807, 2.05) is 42.5 Å². The van der Waals surface area contributed by atoms with Crippen molar-refractivity contribution in [3.8, 4) is 0 Å². The number of benzene rings is 2. The maximum atomic E-state index is 13.1. The molecule has 0 radical (unpaired) electrons. The summed E-state index contributed by atoms with van der Waals surface area (Å²) in [7, 11) is 0. The van der Waals surface area contributed by atoms with Crippen molar-refractivity contribution < 1.29 is 4.79 Å². The van der Waals surface area contributed by atoms with Crippen molar-refractivity contribution in [2.24, 2.45) is 5.92 Å². The highest BCUT2D eigenvalue weighted by molar-refractivity contribution is 6.06. The van der Waals surface area contributed by atoms with Gasteiger partial charge in [-0.05, 0) is 30.5 Å². The Hall–Kier alpha value is -3.41. The fourth-order valence-electron chi connectivity index (χ4n) is 3.48. The average Bonchev–Trinajstić information content (AvgIpc) is 3.10. The molecule has 4 aromatic rings. The molecule has 3 N–H and O–H groups in total. The van der Waals surface area contributed by atoms with E-state index in [1.54, 1.807) is 6.07 Å². The van der Waals surface area contributed by atoms with Crippen molar-refractivity contribution in [3.05, 3.63) is 76.3 Å². The molecular formula is C22H22N4O2. The van der Waals surface area contributed by atoms with Crippen LogP contribution in [-0.4, -0.2) is 20.9 Å². The number of fused-ring (bicyclic) bond motifs is 2. The number of para-hydroxylation sites is 3. The number of hydrogen-bond donors (Lipinski definition) is 3. The molecule has 0 saturated carbocycles. The molecule has 1 atom stereocenters. The van der Waals surface area contributed by atoms with Crippen LogP contribution in [0.3, 0.4) is 0 Å². The number of carbonyl (C=O) groups excluding carboxylic acids is 1. The van der Waals surface area contributed by atoms with Gasteiger partial charge in [0.1, 0.15) is 5.82 Å². The first-order chi connectivity index (χ1) is 13.5. The summed E-state index contributed by atoms with van der Waals surface area (Å²) < 4.78 is 0. The molecule has 6 heteroatoms. The van der Waals surface area contributed by atoms with Crippen molar-refractivity contribution in [3.63, 3.8) is 0 Å². The number of amides is 1. The molecule has 0 unspecified atom stereocenters. The van der Waals surface area contributed by atoms with Gasteiger partial charge in [0.2, 0.25) is 5.56 Å². The number of imidazole rings is 1. The number of nitrogens with one attached hydrogen (secondary N) is 3. The third-order valence-electron chi connectivity index (χ3n) is 4.75. The minimum absolute atomic E-state index is 0.280. The number of pyridine rings is 1. The molecule has 2 aromatic carbocycles. The Morgan fingerprint density at radius 1 is 1.04 bits per heavy atom. The Kier molecular flexibility index (Phi) is 4.69. The SMILES string of the molecule is CC(C)C[C@@H](NC(=O)c1cc(=O)[nH]c2ccccc12)c1nc2ccccc2[nH]1. The van der Waals surface area contributed by atoms with Gasteiger partial charge in [0, 0.05) is 17.0 Å². The summed E-state index contributed by atoms with van der Waals surface area (Å²) in [5, 5.41) is 3.79. The predicted molar refractivity (Wildman–Crippen MR) is 110 cm³/mol. The molecule has 0 saturated heterocycles. The number of hydrogen-bond acceptors (Lipinski definition) is 3. The maximum absolute atomic E-state index is 13.1. The maximum Gasteiger partial charge on any atom is 0.252 e. The van der Waals surface area contributed by atoms with Crippen LogP contribution in [-0.2, 0) is 0 Å². The smallest absolute Gasteiger partial charge is 0.252 e. The largest absolute Gasteiger partial charge is 0.342 e. The second-order valence-corrected chi connectivity index (χ2v) is 7.39. The van der Waals surface area contributed by atoms with E-state index in [2.05, 4.69) is 34.1 Å². The first kappa shape index (κ1) is 18.0. The van der Waals surface area contributed by atoms with Crippen LogP contribution < -0.4 is 10.9 Å². The van der Waals surface area contributed by atoms with Gasteiger partial charge in [-0.3, -0.25) is 9.59 Å². The molecule has 6 nitrogen and oxygen atoms in total. The average molecular weight is 374 g/mol. The van der Waals surface area contributed by atoms with Gasteiger partial charge in [-0.15, -0.1) is 0 Å². The lowest BCUT2D eigenvalue weighted by atomic mass is 10.0. The van der Waals surface area contributed by atoms with E-state index >= 15 is 0 Å². The van der Waals surface area contributed by atoms with Crippen LogP contribution in [0.1, 0.15) is 42.5 Å². The fraction of sp³-hybridized carbons (Fsp3) is 0.227. The van der Waals surface area contributed by atoms with E-state index in [1.165, 1.54) is 6.07 Å². The highest BCUT2D eigenvalue weighted by Gasteiger charge is 2.22. The first-order valence-corrected chi connectivity index (χ1v) is 9.39. The van der Waals surface area contributed by atoms with Crippen molar-refractivity contribution in [2.45, 2.75) is 26.3 Å². The van der Waals surface area contributed by atoms with Crippen molar-refractivity contribution in [1.29, 1.82) is 0 Å². The molecule has 2 heterocycles. The van der Waals surface area contributed by atoms with Gasteiger partial charge < -0.3 is 15.3 Å². The standard InChI is InChI=1S/C22H22N4O2/c1-13(2)11-19(21-24-17-9-5-6-10-18(17)25-21)26-22(28)15-12-20(27)23-16-8-4-3-7-14(15)16/h3-10,12-13,19H,11H2,1-2H3,(H,23,27)(H,24,25)(H,26,28)/t19-/m1/s1. The zero-order valence-corrected chi connectivity index (χ0v) is 15.8. The molecule has 142 valence electrons. The molecule has 1 amide bonds. The summed E-state index contributed by atoms with van der Waals surface area (Å²) in [6, 6.07) is 16.2. The van der Waals surface area contributed by atoms with Gasteiger partial charge in [-0.1, -0.05) is 44.2 Å². The third kappa shape index (κ3) is 3.53. The quantitative estimate of drug-likeness (QED) is 0.494. The van der Waals surface area contributed by atoms with Crippen molar-refractivity contribution >= 4 is 27.8 Å². The second kappa shape index (κ2) is 7.31. The monoisotopic (exact) mass is 374 g/mol. The number of nitrogens with zero attached hydrogens (tertiary/aromatic N) is 1. The Balaban J connectivity index is 1.71. The summed E-state index contributed by atoms with van der Waals surface area (Å²) in [5.41, 5.74) is 2.51. The van der Waals surface area contributed by atoms with E-state index < -0.39 is 0 Å². The minimum atomic E-state index is -0.298. The molecule has 0 bridgehead atoms. The van der Waals surface area contributed by atoms with E-state index in [0.717, 1.165) is 23.3 Å². The number of carbonyl (C=O) groups is 1. The Morgan fingerprint density at radius 3 is 2.50 bits per heavy atom. The summed E-state index contributed by atoms with van der Waals surface area (Å²) >= 11 is 0. The lowest BCUT2D eigenvalue weighted by Crippen LogP contribution is -2.31. The van der Waals surface area contributed by atoms with Gasteiger partial charge in [0.15, 0.2) is 0 Å². The zero-order valence-electron chi connectivity index (χ0n) is 15.8. The Labute approximate surface area is 162 Å². The third-order valence-corrected chi connectivity index (χ3v) is 4.75. The topological polar surface area (TPSA) is 90.6 Å². The second-order valence-electron chi connectivity index (χ2n) is 7.39. The zero-order chi connectivity index (χ0) is 19.7. The van der Waals surface area contributed by atoms with Crippen LogP contribution in [0.25, 0.3) is 21.9 Å². The van der Waals surface area contributed by atoms with Crippen LogP contribution >= 0.6 is 0 Å². The molecule has 2 aromatic heterocycles. The number of aromatic nitrogens is 3. The van der Waals surface area contributed by atoms with Gasteiger partial charge in [-0.25, -0.2) is 4.98 Å². The molecule has 0 aliphatic carbocycles.